The van der Waals surface area contributed by atoms with Gasteiger partial charge in [0.25, 0.3) is 5.91 Å². The molecule has 3 rings (SSSR count). The van der Waals surface area contributed by atoms with Crippen LogP contribution in [0.2, 0.25) is 0 Å². The maximum Gasteiger partial charge on any atom is 0.253 e. The first kappa shape index (κ1) is 13.9. The number of hydrogen-bond donors (Lipinski definition) is 2. The molecule has 1 unspecified atom stereocenters. The highest BCUT2D eigenvalue weighted by Gasteiger charge is 2.29. The largest absolute Gasteiger partial charge is 0.370 e. The average Bonchev–Trinajstić information content (AvgIpc) is 3.32. The van der Waals surface area contributed by atoms with E-state index in [2.05, 4.69) is 22.5 Å². The van der Waals surface area contributed by atoms with E-state index in [1.54, 1.807) is 6.20 Å². The summed E-state index contributed by atoms with van der Waals surface area (Å²) in [4.78, 5) is 16.9. The molecule has 4 nitrogen and oxygen atoms in total. The Morgan fingerprint density at radius 1 is 1.33 bits per heavy atom. The Hall–Kier alpha value is -2.10. The topological polar surface area (TPSA) is 54.0 Å². The van der Waals surface area contributed by atoms with Gasteiger partial charge in [0.05, 0.1) is 5.56 Å². The van der Waals surface area contributed by atoms with E-state index in [4.69, 9.17) is 0 Å². The minimum atomic E-state index is -0.0267. The van der Waals surface area contributed by atoms with Gasteiger partial charge in [0.2, 0.25) is 0 Å². The predicted molar refractivity (Wildman–Crippen MR) is 85.6 cm³/mol. The van der Waals surface area contributed by atoms with E-state index < -0.39 is 0 Å². The van der Waals surface area contributed by atoms with Crippen molar-refractivity contribution in [3.05, 3.63) is 36.0 Å². The molecule has 0 spiro atoms. The van der Waals surface area contributed by atoms with Crippen molar-refractivity contribution in [2.45, 2.75) is 32.7 Å². The van der Waals surface area contributed by atoms with Crippen LogP contribution in [0.1, 0.15) is 37.0 Å². The Bertz CT molecular complexity index is 664. The third-order valence-corrected chi connectivity index (χ3v) is 4.07. The summed E-state index contributed by atoms with van der Waals surface area (Å²) < 4.78 is 0. The maximum atomic E-state index is 12.5. The molecule has 21 heavy (non-hydrogen) atoms. The van der Waals surface area contributed by atoms with Crippen molar-refractivity contribution in [2.75, 3.05) is 11.9 Å². The number of fused-ring (bicyclic) bond motifs is 1. The fourth-order valence-corrected chi connectivity index (χ4v) is 2.68. The molecule has 1 amide bonds. The Morgan fingerprint density at radius 3 is 2.71 bits per heavy atom. The van der Waals surface area contributed by atoms with E-state index >= 15 is 0 Å². The number of anilines is 1. The lowest BCUT2D eigenvalue weighted by Gasteiger charge is -2.15. The highest BCUT2D eigenvalue weighted by atomic mass is 16.1. The maximum absolute atomic E-state index is 12.5. The zero-order chi connectivity index (χ0) is 14.8. The molecule has 0 radical (unpaired) electrons. The van der Waals surface area contributed by atoms with Crippen LogP contribution in [0, 0.1) is 5.92 Å². The third-order valence-electron chi connectivity index (χ3n) is 4.07. The summed E-state index contributed by atoms with van der Waals surface area (Å²) in [6.45, 7) is 4.92. The molecule has 0 bridgehead atoms. The van der Waals surface area contributed by atoms with Crippen LogP contribution >= 0.6 is 0 Å². The van der Waals surface area contributed by atoms with Crippen LogP contribution in [-0.2, 0) is 0 Å². The van der Waals surface area contributed by atoms with Gasteiger partial charge in [0, 0.05) is 24.2 Å². The Kier molecular flexibility index (Phi) is 3.78. The van der Waals surface area contributed by atoms with Gasteiger partial charge in [-0.3, -0.25) is 4.79 Å². The number of aromatic nitrogens is 1. The monoisotopic (exact) mass is 283 g/mol. The standard InChI is InChI=1S/C17H21N3O/c1-3-18-16-14-7-5-4-6-13(14)15(10-19-16)17(21)20-11(2)12-8-9-12/h4-7,10-12H,3,8-9H2,1-2H3,(H,18,19)(H,20,21). The van der Waals surface area contributed by atoms with E-state index in [1.807, 2.05) is 31.2 Å². The van der Waals surface area contributed by atoms with Crippen molar-refractivity contribution in [1.82, 2.24) is 10.3 Å². The summed E-state index contributed by atoms with van der Waals surface area (Å²) in [7, 11) is 0. The van der Waals surface area contributed by atoms with Crippen LogP contribution in [0.15, 0.2) is 30.5 Å². The summed E-state index contributed by atoms with van der Waals surface area (Å²) in [6.07, 6.45) is 4.12. The first-order valence-electron chi connectivity index (χ1n) is 7.63. The summed E-state index contributed by atoms with van der Waals surface area (Å²) in [5.74, 6) is 1.45. The Balaban J connectivity index is 1.94. The van der Waals surface area contributed by atoms with E-state index in [1.165, 1.54) is 12.8 Å². The number of carbonyl (C=O) groups excluding carboxylic acids is 1. The fourth-order valence-electron chi connectivity index (χ4n) is 2.68. The lowest BCUT2D eigenvalue weighted by molar-refractivity contribution is 0.0937. The molecule has 1 heterocycles. The number of nitrogens with zero attached hydrogens (tertiary/aromatic N) is 1. The number of rotatable bonds is 5. The molecular formula is C17H21N3O. The van der Waals surface area contributed by atoms with Crippen molar-refractivity contribution in [2.24, 2.45) is 5.92 Å². The van der Waals surface area contributed by atoms with Gasteiger partial charge in [-0.05, 0) is 38.0 Å². The molecule has 0 aliphatic heterocycles. The SMILES string of the molecule is CCNc1ncc(C(=O)NC(C)C2CC2)c2ccccc12. The van der Waals surface area contributed by atoms with Gasteiger partial charge in [0.15, 0.2) is 0 Å². The normalized spacial score (nSPS) is 15.7. The number of carbonyl (C=O) groups is 1. The number of benzene rings is 1. The first-order valence-corrected chi connectivity index (χ1v) is 7.63. The van der Waals surface area contributed by atoms with Crippen LogP contribution in [0.5, 0.6) is 0 Å². The van der Waals surface area contributed by atoms with Gasteiger partial charge < -0.3 is 10.6 Å². The number of pyridine rings is 1. The summed E-state index contributed by atoms with van der Waals surface area (Å²) >= 11 is 0. The second kappa shape index (κ2) is 5.72. The summed E-state index contributed by atoms with van der Waals surface area (Å²) in [6, 6.07) is 8.15. The van der Waals surface area contributed by atoms with Crippen molar-refractivity contribution >= 4 is 22.5 Å². The third kappa shape index (κ3) is 2.84. The molecule has 1 saturated carbocycles. The van der Waals surface area contributed by atoms with Crippen molar-refractivity contribution in [3.8, 4) is 0 Å². The molecule has 1 aromatic carbocycles. The quantitative estimate of drug-likeness (QED) is 0.886. The van der Waals surface area contributed by atoms with Gasteiger partial charge in [-0.15, -0.1) is 0 Å². The van der Waals surface area contributed by atoms with Crippen LogP contribution in [-0.4, -0.2) is 23.5 Å². The smallest absolute Gasteiger partial charge is 0.253 e. The highest BCUT2D eigenvalue weighted by Crippen LogP contribution is 2.32. The number of nitrogens with one attached hydrogen (secondary N) is 2. The molecular weight excluding hydrogens is 262 g/mol. The average molecular weight is 283 g/mol. The zero-order valence-corrected chi connectivity index (χ0v) is 12.5. The first-order chi connectivity index (χ1) is 10.2. The second-order valence-electron chi connectivity index (χ2n) is 5.70. The molecule has 1 aliphatic rings. The number of hydrogen-bond acceptors (Lipinski definition) is 3. The van der Waals surface area contributed by atoms with E-state index in [0.717, 1.165) is 23.1 Å². The van der Waals surface area contributed by atoms with Gasteiger partial charge >= 0.3 is 0 Å². The highest BCUT2D eigenvalue weighted by molar-refractivity contribution is 6.09. The molecule has 0 saturated heterocycles. The van der Waals surface area contributed by atoms with Crippen molar-refractivity contribution < 1.29 is 4.79 Å². The molecule has 2 aromatic rings. The van der Waals surface area contributed by atoms with Crippen LogP contribution in [0.3, 0.4) is 0 Å². The summed E-state index contributed by atoms with van der Waals surface area (Å²) in [5, 5.41) is 8.29. The fraction of sp³-hybridized carbons (Fsp3) is 0.412. The number of amides is 1. The van der Waals surface area contributed by atoms with Crippen molar-refractivity contribution in [1.29, 1.82) is 0 Å². The van der Waals surface area contributed by atoms with Gasteiger partial charge in [-0.1, -0.05) is 24.3 Å². The van der Waals surface area contributed by atoms with Crippen LogP contribution < -0.4 is 10.6 Å². The molecule has 1 fully saturated rings. The lowest BCUT2D eigenvalue weighted by atomic mass is 10.1. The van der Waals surface area contributed by atoms with Crippen LogP contribution in [0.25, 0.3) is 10.8 Å². The van der Waals surface area contributed by atoms with Gasteiger partial charge in [-0.2, -0.15) is 0 Å². The van der Waals surface area contributed by atoms with Gasteiger partial charge in [0.1, 0.15) is 5.82 Å². The Morgan fingerprint density at radius 2 is 2.05 bits per heavy atom. The molecule has 1 aliphatic carbocycles. The predicted octanol–water partition coefficient (Wildman–Crippen LogP) is 3.19. The van der Waals surface area contributed by atoms with E-state index in [9.17, 15) is 4.79 Å². The van der Waals surface area contributed by atoms with Crippen molar-refractivity contribution in [3.63, 3.8) is 0 Å². The van der Waals surface area contributed by atoms with E-state index in [0.29, 0.717) is 11.5 Å². The molecule has 1 aromatic heterocycles. The minimum Gasteiger partial charge on any atom is -0.370 e. The van der Waals surface area contributed by atoms with Crippen LogP contribution in [0.4, 0.5) is 5.82 Å². The summed E-state index contributed by atoms with van der Waals surface area (Å²) in [5.41, 5.74) is 0.653. The molecule has 110 valence electrons. The molecule has 1 atom stereocenters. The lowest BCUT2D eigenvalue weighted by Crippen LogP contribution is -2.34. The molecule has 2 N–H and O–H groups in total. The Labute approximate surface area is 125 Å². The van der Waals surface area contributed by atoms with E-state index in [-0.39, 0.29) is 11.9 Å². The second-order valence-corrected chi connectivity index (χ2v) is 5.70. The molecule has 4 heteroatoms. The zero-order valence-electron chi connectivity index (χ0n) is 12.5. The minimum absolute atomic E-state index is 0.0267. The van der Waals surface area contributed by atoms with Gasteiger partial charge in [-0.25, -0.2) is 4.98 Å².